The molecule has 0 saturated heterocycles. The zero-order chi connectivity index (χ0) is 9.72. The van der Waals surface area contributed by atoms with Gasteiger partial charge < -0.3 is 5.73 Å². The van der Waals surface area contributed by atoms with Crippen LogP contribution in [0.25, 0.3) is 0 Å². The molecule has 0 radical (unpaired) electrons. The Hall–Kier alpha value is -0.180. The molecule has 0 amide bonds. The molecular formula is C9H20N2S. The third kappa shape index (κ3) is 4.65. The maximum atomic E-state index is 7.22. The summed E-state index contributed by atoms with van der Waals surface area (Å²) in [5.74, 6) is 2.19. The summed E-state index contributed by atoms with van der Waals surface area (Å²) in [6.45, 7) is 8.66. The average molecular weight is 188 g/mol. The largest absolute Gasteiger partial charge is 0.387 e. The van der Waals surface area contributed by atoms with Crippen molar-refractivity contribution < 1.29 is 0 Å². The van der Waals surface area contributed by atoms with Crippen molar-refractivity contribution in [3.63, 3.8) is 0 Å². The van der Waals surface area contributed by atoms with Gasteiger partial charge in [-0.25, -0.2) is 0 Å². The van der Waals surface area contributed by atoms with Crippen LogP contribution >= 0.6 is 11.8 Å². The maximum absolute atomic E-state index is 7.22. The molecule has 12 heavy (non-hydrogen) atoms. The van der Waals surface area contributed by atoms with Crippen LogP contribution in [0, 0.1) is 17.2 Å². The van der Waals surface area contributed by atoms with E-state index in [1.165, 1.54) is 0 Å². The monoisotopic (exact) mass is 188 g/mol. The summed E-state index contributed by atoms with van der Waals surface area (Å²) < 4.78 is 0. The summed E-state index contributed by atoms with van der Waals surface area (Å²) in [5, 5.41) is 7.88. The molecule has 0 rings (SSSR count). The van der Waals surface area contributed by atoms with Gasteiger partial charge in [0.1, 0.15) is 0 Å². The lowest BCUT2D eigenvalue weighted by molar-refractivity contribution is 0.641. The average Bonchev–Trinajstić information content (AvgIpc) is 1.98. The summed E-state index contributed by atoms with van der Waals surface area (Å²) in [5.41, 5.74) is 5.37. The van der Waals surface area contributed by atoms with Crippen molar-refractivity contribution in [2.75, 3.05) is 5.75 Å². The van der Waals surface area contributed by atoms with Gasteiger partial charge >= 0.3 is 0 Å². The van der Waals surface area contributed by atoms with Crippen LogP contribution in [-0.2, 0) is 0 Å². The van der Waals surface area contributed by atoms with E-state index < -0.39 is 0 Å². The van der Waals surface area contributed by atoms with Crippen molar-refractivity contribution in [1.29, 1.82) is 5.41 Å². The Morgan fingerprint density at radius 1 is 1.33 bits per heavy atom. The molecule has 0 saturated carbocycles. The zero-order valence-corrected chi connectivity index (χ0v) is 9.24. The van der Waals surface area contributed by atoms with Gasteiger partial charge in [-0.2, -0.15) is 11.8 Å². The van der Waals surface area contributed by atoms with Gasteiger partial charge in [-0.15, -0.1) is 0 Å². The fourth-order valence-electron chi connectivity index (χ4n) is 0.578. The van der Waals surface area contributed by atoms with Crippen LogP contribution < -0.4 is 5.73 Å². The highest BCUT2D eigenvalue weighted by molar-refractivity contribution is 7.99. The number of hydrogen-bond acceptors (Lipinski definition) is 2. The SMILES string of the molecule is CC(CSC(C)C(C)C)C(=N)N. The van der Waals surface area contributed by atoms with Crippen LogP contribution in [0.1, 0.15) is 27.7 Å². The Morgan fingerprint density at radius 3 is 2.17 bits per heavy atom. The highest BCUT2D eigenvalue weighted by Gasteiger charge is 2.11. The number of nitrogens with one attached hydrogen (secondary N) is 1. The van der Waals surface area contributed by atoms with E-state index in [0.29, 0.717) is 17.0 Å². The Morgan fingerprint density at radius 2 is 1.83 bits per heavy atom. The zero-order valence-electron chi connectivity index (χ0n) is 8.42. The topological polar surface area (TPSA) is 49.9 Å². The predicted molar refractivity (Wildman–Crippen MR) is 57.8 cm³/mol. The molecule has 2 nitrogen and oxygen atoms in total. The molecule has 0 aromatic heterocycles. The van der Waals surface area contributed by atoms with Crippen molar-refractivity contribution in [3.05, 3.63) is 0 Å². The Bertz CT molecular complexity index is 145. The molecule has 2 atom stereocenters. The lowest BCUT2D eigenvalue weighted by Crippen LogP contribution is -2.22. The number of rotatable bonds is 5. The first-order valence-corrected chi connectivity index (χ1v) is 5.45. The first-order chi connectivity index (χ1) is 5.45. The van der Waals surface area contributed by atoms with Gasteiger partial charge in [-0.3, -0.25) is 5.41 Å². The summed E-state index contributed by atoms with van der Waals surface area (Å²) in [4.78, 5) is 0. The third-order valence-electron chi connectivity index (χ3n) is 2.08. The van der Waals surface area contributed by atoms with Gasteiger partial charge in [0.05, 0.1) is 5.84 Å². The number of hydrogen-bond donors (Lipinski definition) is 2. The fraction of sp³-hybridized carbons (Fsp3) is 0.889. The van der Waals surface area contributed by atoms with E-state index >= 15 is 0 Å². The molecular weight excluding hydrogens is 168 g/mol. The van der Waals surface area contributed by atoms with Crippen molar-refractivity contribution in [1.82, 2.24) is 0 Å². The normalized spacial score (nSPS) is 16.1. The lowest BCUT2D eigenvalue weighted by Gasteiger charge is -2.17. The van der Waals surface area contributed by atoms with Crippen molar-refractivity contribution in [2.45, 2.75) is 32.9 Å². The maximum Gasteiger partial charge on any atom is 0.0942 e. The highest BCUT2D eigenvalue weighted by Crippen LogP contribution is 2.20. The second-order valence-electron chi connectivity index (χ2n) is 3.64. The Labute approximate surface area is 79.8 Å². The number of nitrogens with two attached hydrogens (primary N) is 1. The van der Waals surface area contributed by atoms with E-state index in [9.17, 15) is 0 Å². The molecule has 3 N–H and O–H groups in total. The number of thioether (sulfide) groups is 1. The van der Waals surface area contributed by atoms with Crippen LogP contribution in [0.15, 0.2) is 0 Å². The summed E-state index contributed by atoms with van der Waals surface area (Å²) in [7, 11) is 0. The van der Waals surface area contributed by atoms with E-state index in [1.807, 2.05) is 18.7 Å². The minimum atomic E-state index is 0.219. The third-order valence-corrected chi connectivity index (χ3v) is 3.84. The fourth-order valence-corrected chi connectivity index (χ4v) is 1.74. The molecule has 0 spiro atoms. The van der Waals surface area contributed by atoms with Crippen molar-refractivity contribution in [2.24, 2.45) is 17.6 Å². The van der Waals surface area contributed by atoms with Crippen LogP contribution in [0.5, 0.6) is 0 Å². The first kappa shape index (κ1) is 11.8. The lowest BCUT2D eigenvalue weighted by atomic mass is 10.2. The standard InChI is InChI=1S/C9H20N2S/c1-6(2)8(4)12-5-7(3)9(10)11/h6-8H,5H2,1-4H3,(H3,10,11). The van der Waals surface area contributed by atoms with Crippen LogP contribution in [0.4, 0.5) is 0 Å². The molecule has 0 aliphatic carbocycles. The van der Waals surface area contributed by atoms with Gasteiger partial charge in [0, 0.05) is 16.9 Å². The quantitative estimate of drug-likeness (QED) is 0.514. The first-order valence-electron chi connectivity index (χ1n) is 4.40. The molecule has 3 heteroatoms. The molecule has 2 unspecified atom stereocenters. The molecule has 0 aromatic rings. The molecule has 0 aromatic carbocycles. The second-order valence-corrected chi connectivity index (χ2v) is 5.05. The van der Waals surface area contributed by atoms with Gasteiger partial charge in [-0.1, -0.05) is 27.7 Å². The molecule has 0 fully saturated rings. The van der Waals surface area contributed by atoms with Crippen molar-refractivity contribution in [3.8, 4) is 0 Å². The van der Waals surface area contributed by atoms with E-state index in [1.54, 1.807) is 0 Å². The summed E-state index contributed by atoms with van der Waals surface area (Å²) in [6.07, 6.45) is 0. The van der Waals surface area contributed by atoms with Gasteiger partial charge in [-0.05, 0) is 5.92 Å². The van der Waals surface area contributed by atoms with E-state index in [4.69, 9.17) is 11.1 Å². The van der Waals surface area contributed by atoms with Gasteiger partial charge in [0.25, 0.3) is 0 Å². The Kier molecular flexibility index (Phi) is 5.38. The molecule has 0 heterocycles. The van der Waals surface area contributed by atoms with E-state index in [2.05, 4.69) is 20.8 Å². The number of amidine groups is 1. The van der Waals surface area contributed by atoms with Crippen LogP contribution in [-0.4, -0.2) is 16.8 Å². The minimum absolute atomic E-state index is 0.219. The van der Waals surface area contributed by atoms with E-state index in [-0.39, 0.29) is 5.92 Å². The molecule has 0 aliphatic rings. The van der Waals surface area contributed by atoms with Crippen LogP contribution in [0.3, 0.4) is 0 Å². The molecule has 0 bridgehead atoms. The van der Waals surface area contributed by atoms with Gasteiger partial charge in [0.2, 0.25) is 0 Å². The smallest absolute Gasteiger partial charge is 0.0942 e. The summed E-state index contributed by atoms with van der Waals surface area (Å²) in [6, 6.07) is 0. The van der Waals surface area contributed by atoms with Gasteiger partial charge in [0.15, 0.2) is 0 Å². The predicted octanol–water partition coefficient (Wildman–Crippen LogP) is 2.34. The van der Waals surface area contributed by atoms with Crippen LogP contribution in [0.2, 0.25) is 0 Å². The molecule has 72 valence electrons. The second kappa shape index (κ2) is 5.46. The Balaban J connectivity index is 3.61. The molecule has 0 aliphatic heterocycles. The summed E-state index contributed by atoms with van der Waals surface area (Å²) >= 11 is 1.90. The minimum Gasteiger partial charge on any atom is -0.387 e. The highest BCUT2D eigenvalue weighted by atomic mass is 32.2. The van der Waals surface area contributed by atoms with Crippen molar-refractivity contribution >= 4 is 17.6 Å². The van der Waals surface area contributed by atoms with E-state index in [0.717, 1.165) is 5.75 Å².